The van der Waals surface area contributed by atoms with Crippen LogP contribution in [0, 0.1) is 12.8 Å². The number of carbonyl (C=O) groups is 1. The average molecular weight is 282 g/mol. The summed E-state index contributed by atoms with van der Waals surface area (Å²) in [4.78, 5) is 11.8. The molecule has 1 aliphatic carbocycles. The summed E-state index contributed by atoms with van der Waals surface area (Å²) in [5, 5.41) is 14.1. The van der Waals surface area contributed by atoms with Crippen molar-refractivity contribution in [3.05, 3.63) is 42.0 Å². The van der Waals surface area contributed by atoms with Crippen LogP contribution in [0.15, 0.2) is 36.4 Å². The second-order valence-electron chi connectivity index (χ2n) is 5.42. The van der Waals surface area contributed by atoms with Gasteiger partial charge in [-0.1, -0.05) is 18.6 Å². The van der Waals surface area contributed by atoms with E-state index in [1.54, 1.807) is 6.07 Å². The van der Waals surface area contributed by atoms with Gasteiger partial charge in [-0.2, -0.15) is 0 Å². The lowest BCUT2D eigenvalue weighted by atomic mass is 9.85. The predicted molar refractivity (Wildman–Crippen MR) is 82.5 cm³/mol. The van der Waals surface area contributed by atoms with Crippen LogP contribution in [0.3, 0.4) is 0 Å². The number of hydrogen-bond donors (Lipinski definition) is 2. The smallest absolute Gasteiger partial charge is 0.228 e. The number of anilines is 3. The molecule has 0 spiro atoms. The number of aromatic nitrogens is 2. The molecule has 3 rings (SSSR count). The van der Waals surface area contributed by atoms with E-state index in [1.165, 1.54) is 5.56 Å². The van der Waals surface area contributed by atoms with E-state index in [2.05, 4.69) is 20.8 Å². The molecule has 2 N–H and O–H groups in total. The lowest BCUT2D eigenvalue weighted by Crippen LogP contribution is -2.28. The van der Waals surface area contributed by atoms with Gasteiger partial charge >= 0.3 is 0 Å². The van der Waals surface area contributed by atoms with Crippen molar-refractivity contribution >= 4 is 23.2 Å². The number of hydrogen-bond acceptors (Lipinski definition) is 4. The first-order valence-electron chi connectivity index (χ1n) is 7.19. The summed E-state index contributed by atoms with van der Waals surface area (Å²) < 4.78 is 0. The van der Waals surface area contributed by atoms with E-state index in [9.17, 15) is 4.79 Å². The van der Waals surface area contributed by atoms with E-state index in [4.69, 9.17) is 0 Å². The Labute approximate surface area is 123 Å². The number of amides is 1. The van der Waals surface area contributed by atoms with E-state index >= 15 is 0 Å². The molecular weight excluding hydrogens is 264 g/mol. The number of nitrogens with one attached hydrogen (secondary N) is 2. The Kier molecular flexibility index (Phi) is 3.81. The Morgan fingerprint density at radius 2 is 1.90 bits per heavy atom. The van der Waals surface area contributed by atoms with Crippen LogP contribution >= 0.6 is 0 Å². The normalized spacial score (nSPS) is 14.3. The van der Waals surface area contributed by atoms with Crippen LogP contribution < -0.4 is 10.6 Å². The Balaban J connectivity index is 1.62. The third-order valence-corrected chi connectivity index (χ3v) is 3.68. The zero-order valence-corrected chi connectivity index (χ0v) is 12.0. The Morgan fingerprint density at radius 1 is 1.14 bits per heavy atom. The molecular formula is C16H18N4O. The van der Waals surface area contributed by atoms with Crippen molar-refractivity contribution < 1.29 is 4.79 Å². The van der Waals surface area contributed by atoms with Gasteiger partial charge in [0, 0.05) is 11.6 Å². The molecule has 21 heavy (non-hydrogen) atoms. The van der Waals surface area contributed by atoms with Gasteiger partial charge in [-0.15, -0.1) is 10.2 Å². The second kappa shape index (κ2) is 5.91. The van der Waals surface area contributed by atoms with Gasteiger partial charge in [-0.05, 0) is 49.6 Å². The molecule has 5 heteroatoms. The average Bonchev–Trinajstić information content (AvgIpc) is 2.39. The van der Waals surface area contributed by atoms with Crippen LogP contribution in [0.4, 0.5) is 17.3 Å². The molecule has 108 valence electrons. The summed E-state index contributed by atoms with van der Waals surface area (Å²) in [5.41, 5.74) is 2.15. The third-order valence-electron chi connectivity index (χ3n) is 3.68. The molecule has 2 aromatic rings. The molecule has 1 aliphatic rings. The second-order valence-corrected chi connectivity index (χ2v) is 5.42. The highest BCUT2D eigenvalue weighted by atomic mass is 16.2. The van der Waals surface area contributed by atoms with Crippen LogP contribution in [-0.2, 0) is 4.79 Å². The maximum atomic E-state index is 11.8. The molecule has 0 bridgehead atoms. The summed E-state index contributed by atoms with van der Waals surface area (Å²) in [6.45, 7) is 2.04. The fourth-order valence-electron chi connectivity index (χ4n) is 2.24. The van der Waals surface area contributed by atoms with Crippen molar-refractivity contribution in [3.63, 3.8) is 0 Å². The zero-order chi connectivity index (χ0) is 14.7. The third kappa shape index (κ3) is 3.37. The van der Waals surface area contributed by atoms with Gasteiger partial charge in [0.1, 0.15) is 0 Å². The van der Waals surface area contributed by atoms with E-state index < -0.39 is 0 Å². The lowest BCUT2D eigenvalue weighted by molar-refractivity contribution is -0.122. The van der Waals surface area contributed by atoms with Crippen LogP contribution in [0.2, 0.25) is 0 Å². The van der Waals surface area contributed by atoms with Crippen molar-refractivity contribution in [1.82, 2.24) is 10.2 Å². The molecule has 1 saturated carbocycles. The molecule has 0 unspecified atom stereocenters. The van der Waals surface area contributed by atoms with E-state index in [0.29, 0.717) is 11.6 Å². The van der Waals surface area contributed by atoms with Crippen LogP contribution in [-0.4, -0.2) is 16.1 Å². The molecule has 0 saturated heterocycles. The first kappa shape index (κ1) is 13.5. The Hall–Kier alpha value is -2.43. The number of nitrogens with zero attached hydrogens (tertiary/aromatic N) is 2. The fourth-order valence-corrected chi connectivity index (χ4v) is 2.24. The summed E-state index contributed by atoms with van der Waals surface area (Å²) >= 11 is 0. The van der Waals surface area contributed by atoms with Gasteiger partial charge in [0.2, 0.25) is 5.91 Å². The summed E-state index contributed by atoms with van der Waals surface area (Å²) in [6, 6.07) is 11.6. The topological polar surface area (TPSA) is 66.9 Å². The lowest BCUT2D eigenvalue weighted by Gasteiger charge is -2.23. The van der Waals surface area contributed by atoms with Gasteiger partial charge in [-0.3, -0.25) is 4.79 Å². The number of aryl methyl sites for hydroxylation is 1. The SMILES string of the molecule is Cc1cccc(Nc2ccc(NC(=O)C3CCC3)nn2)c1. The Morgan fingerprint density at radius 3 is 2.52 bits per heavy atom. The van der Waals surface area contributed by atoms with Gasteiger partial charge < -0.3 is 10.6 Å². The minimum atomic E-state index is 0.0509. The molecule has 1 aromatic carbocycles. The van der Waals surface area contributed by atoms with Crippen molar-refractivity contribution in [2.45, 2.75) is 26.2 Å². The monoisotopic (exact) mass is 282 g/mol. The number of carbonyl (C=O) groups excluding carboxylic acids is 1. The van der Waals surface area contributed by atoms with E-state index in [-0.39, 0.29) is 11.8 Å². The first-order chi connectivity index (χ1) is 10.2. The molecule has 0 radical (unpaired) electrons. The minimum absolute atomic E-state index is 0.0509. The van der Waals surface area contributed by atoms with Crippen molar-refractivity contribution in [1.29, 1.82) is 0 Å². The van der Waals surface area contributed by atoms with Crippen LogP contribution in [0.5, 0.6) is 0 Å². The predicted octanol–water partition coefficient (Wildman–Crippen LogP) is 3.27. The molecule has 5 nitrogen and oxygen atoms in total. The summed E-state index contributed by atoms with van der Waals surface area (Å²) in [6.07, 6.45) is 3.10. The van der Waals surface area contributed by atoms with Crippen molar-refractivity contribution in [2.24, 2.45) is 5.92 Å². The van der Waals surface area contributed by atoms with Gasteiger partial charge in [-0.25, -0.2) is 0 Å². The highest BCUT2D eigenvalue weighted by Crippen LogP contribution is 2.27. The summed E-state index contributed by atoms with van der Waals surface area (Å²) in [7, 11) is 0. The van der Waals surface area contributed by atoms with Crippen LogP contribution in [0.25, 0.3) is 0 Å². The highest BCUT2D eigenvalue weighted by molar-refractivity contribution is 5.92. The standard InChI is InChI=1S/C16H18N4O/c1-11-4-2-7-13(10-11)17-14-8-9-15(20-19-14)18-16(21)12-5-3-6-12/h2,4,7-10,12H,3,5-6H2,1H3,(H,17,19)(H,18,20,21). The molecule has 1 fully saturated rings. The van der Waals surface area contributed by atoms with E-state index in [1.807, 2.05) is 37.3 Å². The van der Waals surface area contributed by atoms with Crippen LogP contribution in [0.1, 0.15) is 24.8 Å². The Bertz CT molecular complexity index is 635. The first-order valence-corrected chi connectivity index (χ1v) is 7.19. The fraction of sp³-hybridized carbons (Fsp3) is 0.312. The van der Waals surface area contributed by atoms with Gasteiger partial charge in [0.25, 0.3) is 0 Å². The van der Waals surface area contributed by atoms with Gasteiger partial charge in [0.05, 0.1) is 0 Å². The molecule has 1 aromatic heterocycles. The molecule has 1 heterocycles. The number of rotatable bonds is 4. The largest absolute Gasteiger partial charge is 0.339 e. The van der Waals surface area contributed by atoms with E-state index in [0.717, 1.165) is 24.9 Å². The molecule has 0 aliphatic heterocycles. The molecule has 0 atom stereocenters. The summed E-state index contributed by atoms with van der Waals surface area (Å²) in [5.74, 6) is 1.36. The highest BCUT2D eigenvalue weighted by Gasteiger charge is 2.25. The van der Waals surface area contributed by atoms with Crippen molar-refractivity contribution in [2.75, 3.05) is 10.6 Å². The zero-order valence-electron chi connectivity index (χ0n) is 12.0. The quantitative estimate of drug-likeness (QED) is 0.903. The van der Waals surface area contributed by atoms with Crippen molar-refractivity contribution in [3.8, 4) is 0 Å². The van der Waals surface area contributed by atoms with Gasteiger partial charge in [0.15, 0.2) is 11.6 Å². The maximum absolute atomic E-state index is 11.8. The minimum Gasteiger partial charge on any atom is -0.339 e. The number of benzene rings is 1. The maximum Gasteiger partial charge on any atom is 0.228 e. The molecule has 1 amide bonds.